The Morgan fingerprint density at radius 3 is 2.13 bits per heavy atom. The fraction of sp³-hybridized carbons (Fsp3) is 0.500. The van der Waals surface area contributed by atoms with E-state index in [-0.39, 0.29) is 5.41 Å². The van der Waals surface area contributed by atoms with Crippen molar-refractivity contribution < 1.29 is 4.43 Å². The minimum atomic E-state index is 0.145. The molecule has 0 amide bonds. The minimum Gasteiger partial charge on any atom is -0.553 e. The zero-order chi connectivity index (χ0) is 11.8. The molecule has 0 heterocycles. The highest BCUT2D eigenvalue weighted by Crippen LogP contribution is 2.37. The van der Waals surface area contributed by atoms with E-state index in [0.717, 1.165) is 16.2 Å². The second kappa shape index (κ2) is 4.30. The van der Waals surface area contributed by atoms with Crippen molar-refractivity contribution in [3.05, 3.63) is 27.2 Å². The lowest BCUT2D eigenvalue weighted by Gasteiger charge is -2.24. The van der Waals surface area contributed by atoms with Gasteiger partial charge in [0.25, 0.3) is 0 Å². The molecule has 0 unspecified atom stereocenters. The van der Waals surface area contributed by atoms with Crippen LogP contribution in [0.2, 0.25) is 0 Å². The van der Waals surface area contributed by atoms with Gasteiger partial charge in [0.15, 0.2) is 0 Å². The fourth-order valence-corrected chi connectivity index (χ4v) is 3.04. The zero-order valence-electron chi connectivity index (χ0n) is 10.4. The topological polar surface area (TPSA) is 9.23 Å². The molecular weight excluding hydrogens is 268 g/mol. The molecule has 1 nitrogen and oxygen atoms in total. The Kier molecular flexibility index (Phi) is 3.66. The normalized spacial score (nSPS) is 11.9. The van der Waals surface area contributed by atoms with Crippen molar-refractivity contribution in [1.82, 2.24) is 0 Å². The van der Waals surface area contributed by atoms with E-state index in [1.54, 1.807) is 0 Å². The maximum absolute atomic E-state index is 5.53. The first kappa shape index (κ1) is 12.8. The van der Waals surface area contributed by atoms with Gasteiger partial charge in [0, 0.05) is 4.47 Å². The monoisotopic (exact) mass is 286 g/mol. The van der Waals surface area contributed by atoms with Crippen molar-refractivity contribution >= 4 is 26.4 Å². The number of hydrogen-bond donors (Lipinski definition) is 0. The molecule has 0 N–H and O–H groups in total. The molecule has 1 rings (SSSR count). The molecule has 0 fully saturated rings. The van der Waals surface area contributed by atoms with E-state index in [1.165, 1.54) is 21.2 Å². The number of hydrogen-bond acceptors (Lipinski definition) is 1. The molecule has 0 saturated heterocycles. The van der Waals surface area contributed by atoms with Gasteiger partial charge in [0.1, 0.15) is 5.75 Å². The van der Waals surface area contributed by atoms with Crippen LogP contribution in [0.5, 0.6) is 5.75 Å². The Hall–Kier alpha value is -0.283. The van der Waals surface area contributed by atoms with Crippen LogP contribution in [0.4, 0.5) is 0 Å². The highest BCUT2D eigenvalue weighted by atomic mass is 79.9. The average molecular weight is 287 g/mol. The van der Waals surface area contributed by atoms with Gasteiger partial charge >= 0.3 is 0 Å². The van der Waals surface area contributed by atoms with Crippen LogP contribution in [0.25, 0.3) is 0 Å². The highest BCUT2D eigenvalue weighted by Gasteiger charge is 2.20. The predicted molar refractivity (Wildman–Crippen MR) is 72.9 cm³/mol. The molecule has 1 aromatic rings. The SMILES string of the molecule is Cc1c(O[SiH3])cc(C(C)(C)C)c(Br)c1C. The Morgan fingerprint density at radius 2 is 1.73 bits per heavy atom. The first-order valence-electron chi connectivity index (χ1n) is 5.13. The van der Waals surface area contributed by atoms with Gasteiger partial charge in [-0.05, 0) is 42.0 Å². The van der Waals surface area contributed by atoms with Gasteiger partial charge in [0.2, 0.25) is 10.5 Å². The van der Waals surface area contributed by atoms with Crippen LogP contribution in [-0.2, 0) is 5.41 Å². The molecule has 0 aliphatic carbocycles. The van der Waals surface area contributed by atoms with E-state index in [4.69, 9.17) is 4.43 Å². The standard InChI is InChI=1S/C12H19BrOSi/c1-7-8(2)11(13)9(12(3,4)5)6-10(7)14-15/h6H,1-5,15H3. The fourth-order valence-electron chi connectivity index (χ4n) is 1.61. The van der Waals surface area contributed by atoms with Crippen molar-refractivity contribution in [2.45, 2.75) is 40.0 Å². The Morgan fingerprint density at radius 1 is 1.20 bits per heavy atom. The van der Waals surface area contributed by atoms with Gasteiger partial charge in [-0.25, -0.2) is 0 Å². The summed E-state index contributed by atoms with van der Waals surface area (Å²) in [4.78, 5) is 0. The summed E-state index contributed by atoms with van der Waals surface area (Å²) >= 11 is 3.69. The van der Waals surface area contributed by atoms with Crippen LogP contribution in [0, 0.1) is 13.8 Å². The lowest BCUT2D eigenvalue weighted by molar-refractivity contribution is 0.568. The molecular formula is C12H19BrOSi. The van der Waals surface area contributed by atoms with E-state index in [9.17, 15) is 0 Å². The lowest BCUT2D eigenvalue weighted by atomic mass is 9.85. The smallest absolute Gasteiger partial charge is 0.204 e. The highest BCUT2D eigenvalue weighted by molar-refractivity contribution is 9.10. The summed E-state index contributed by atoms with van der Waals surface area (Å²) in [6.45, 7) is 10.9. The second-order valence-corrected chi connectivity index (χ2v) is 6.14. The van der Waals surface area contributed by atoms with Crippen LogP contribution in [0.1, 0.15) is 37.5 Å². The molecule has 0 aliphatic rings. The van der Waals surface area contributed by atoms with Gasteiger partial charge in [-0.2, -0.15) is 0 Å². The van der Waals surface area contributed by atoms with Crippen LogP contribution >= 0.6 is 15.9 Å². The predicted octanol–water partition coefficient (Wildman–Crippen LogP) is 3.02. The summed E-state index contributed by atoms with van der Waals surface area (Å²) in [6.07, 6.45) is 0. The molecule has 0 atom stereocenters. The van der Waals surface area contributed by atoms with Gasteiger partial charge in [0.05, 0.1) is 0 Å². The summed E-state index contributed by atoms with van der Waals surface area (Å²) in [5.74, 6) is 1.03. The van der Waals surface area contributed by atoms with Crippen molar-refractivity contribution in [3.8, 4) is 5.75 Å². The average Bonchev–Trinajstić information content (AvgIpc) is 2.13. The van der Waals surface area contributed by atoms with Crippen LogP contribution < -0.4 is 4.43 Å². The number of benzene rings is 1. The van der Waals surface area contributed by atoms with E-state index in [2.05, 4.69) is 56.6 Å². The van der Waals surface area contributed by atoms with Crippen molar-refractivity contribution in [2.75, 3.05) is 0 Å². The molecule has 3 heteroatoms. The minimum absolute atomic E-state index is 0.145. The van der Waals surface area contributed by atoms with Gasteiger partial charge in [-0.3, -0.25) is 0 Å². The van der Waals surface area contributed by atoms with E-state index in [0.29, 0.717) is 0 Å². The molecule has 84 valence electrons. The van der Waals surface area contributed by atoms with Crippen molar-refractivity contribution in [2.24, 2.45) is 0 Å². The van der Waals surface area contributed by atoms with E-state index < -0.39 is 0 Å². The lowest BCUT2D eigenvalue weighted by Crippen LogP contribution is -2.13. The van der Waals surface area contributed by atoms with Gasteiger partial charge in [-0.1, -0.05) is 36.7 Å². The Balaban J connectivity index is 3.49. The van der Waals surface area contributed by atoms with Gasteiger partial charge in [-0.15, -0.1) is 0 Å². The maximum Gasteiger partial charge on any atom is 0.204 e. The van der Waals surface area contributed by atoms with Gasteiger partial charge < -0.3 is 4.43 Å². The number of halogens is 1. The zero-order valence-corrected chi connectivity index (χ0v) is 13.9. The van der Waals surface area contributed by atoms with Crippen LogP contribution in [0.3, 0.4) is 0 Å². The molecule has 1 aromatic carbocycles. The molecule has 0 saturated carbocycles. The third-order valence-corrected chi connectivity index (χ3v) is 4.26. The molecule has 0 spiro atoms. The van der Waals surface area contributed by atoms with Crippen LogP contribution in [0.15, 0.2) is 10.5 Å². The third-order valence-electron chi connectivity index (χ3n) is 2.80. The van der Waals surface area contributed by atoms with E-state index in [1.807, 2.05) is 0 Å². The summed E-state index contributed by atoms with van der Waals surface area (Å²) < 4.78 is 6.75. The van der Waals surface area contributed by atoms with Crippen molar-refractivity contribution in [1.29, 1.82) is 0 Å². The summed E-state index contributed by atoms with van der Waals surface area (Å²) in [6, 6.07) is 2.17. The molecule has 0 aliphatic heterocycles. The van der Waals surface area contributed by atoms with E-state index >= 15 is 0 Å². The molecule has 0 radical (unpaired) electrons. The van der Waals surface area contributed by atoms with Crippen molar-refractivity contribution in [3.63, 3.8) is 0 Å². The Labute approximate surface area is 104 Å². The molecule has 0 bridgehead atoms. The summed E-state index contributed by atoms with van der Waals surface area (Å²) in [5, 5.41) is 0. The molecule has 0 aromatic heterocycles. The second-order valence-electron chi connectivity index (χ2n) is 4.94. The largest absolute Gasteiger partial charge is 0.553 e. The van der Waals surface area contributed by atoms with Crippen LogP contribution in [-0.4, -0.2) is 10.5 Å². The third kappa shape index (κ3) is 2.45. The Bertz CT molecular complexity index is 380. The first-order valence-corrected chi connectivity index (χ1v) is 6.74. The maximum atomic E-state index is 5.53. The molecule has 15 heavy (non-hydrogen) atoms. The first-order chi connectivity index (χ1) is 6.79. The quantitative estimate of drug-likeness (QED) is 0.721. The number of rotatable bonds is 1. The summed E-state index contributed by atoms with van der Waals surface area (Å²) in [7, 11) is 0.740. The summed E-state index contributed by atoms with van der Waals surface area (Å²) in [5.41, 5.74) is 3.99.